The van der Waals surface area contributed by atoms with Gasteiger partial charge in [0.05, 0.1) is 17.3 Å². The molecule has 1 aliphatic rings. The maximum absolute atomic E-state index is 6.27. The zero-order chi connectivity index (χ0) is 13.7. The second kappa shape index (κ2) is 4.13. The lowest BCUT2D eigenvalue weighted by Gasteiger charge is -2.35. The van der Waals surface area contributed by atoms with E-state index in [0.717, 1.165) is 46.6 Å². The summed E-state index contributed by atoms with van der Waals surface area (Å²) in [5, 5.41) is 0. The molecule has 20 heavy (non-hydrogen) atoms. The first-order valence-corrected chi connectivity index (χ1v) is 7.29. The van der Waals surface area contributed by atoms with Gasteiger partial charge in [-0.1, -0.05) is 0 Å². The van der Waals surface area contributed by atoms with Crippen LogP contribution in [0.2, 0.25) is 0 Å². The number of aromatic nitrogens is 5. The minimum Gasteiger partial charge on any atom is -0.338 e. The van der Waals surface area contributed by atoms with Crippen LogP contribution in [0, 0.1) is 0 Å². The summed E-state index contributed by atoms with van der Waals surface area (Å²) in [6.45, 7) is 0. The zero-order valence-corrected chi connectivity index (χ0v) is 12.2. The van der Waals surface area contributed by atoms with Gasteiger partial charge >= 0.3 is 0 Å². The van der Waals surface area contributed by atoms with Gasteiger partial charge in [-0.15, -0.1) is 0 Å². The van der Waals surface area contributed by atoms with E-state index in [1.54, 1.807) is 12.4 Å². The molecule has 0 aromatic carbocycles. The largest absolute Gasteiger partial charge is 0.338 e. The molecule has 0 unspecified atom stereocenters. The summed E-state index contributed by atoms with van der Waals surface area (Å²) >= 11 is 3.40. The van der Waals surface area contributed by atoms with Gasteiger partial charge in [-0.25, -0.2) is 15.0 Å². The smallest absolute Gasteiger partial charge is 0.178 e. The van der Waals surface area contributed by atoms with Crippen molar-refractivity contribution in [2.24, 2.45) is 5.73 Å². The molecule has 0 bridgehead atoms. The number of nitrogens with zero attached hydrogens (tertiary/aromatic N) is 3. The maximum Gasteiger partial charge on any atom is 0.178 e. The molecule has 4 rings (SSSR count). The Balaban J connectivity index is 1.75. The Bertz CT molecular complexity index is 785. The van der Waals surface area contributed by atoms with Crippen molar-refractivity contribution in [1.29, 1.82) is 0 Å². The van der Waals surface area contributed by atoms with Crippen LogP contribution < -0.4 is 5.73 Å². The SMILES string of the molecule is NC1(c2ncc(-c3nc4ncc(Br)cc4[nH]3)[nH]2)CCC1. The van der Waals surface area contributed by atoms with Crippen molar-refractivity contribution in [2.75, 3.05) is 0 Å². The predicted octanol–water partition coefficient (Wildman–Crippen LogP) is 2.45. The molecule has 102 valence electrons. The first-order chi connectivity index (χ1) is 9.64. The Labute approximate surface area is 123 Å². The van der Waals surface area contributed by atoms with Gasteiger partial charge in [-0.05, 0) is 41.3 Å². The fraction of sp³-hybridized carbons (Fsp3) is 0.308. The van der Waals surface area contributed by atoms with Crippen molar-refractivity contribution >= 4 is 27.1 Å². The molecule has 3 aromatic heterocycles. The lowest BCUT2D eigenvalue weighted by molar-refractivity contribution is 0.240. The number of aromatic amines is 2. The molecule has 0 aliphatic heterocycles. The van der Waals surface area contributed by atoms with Crippen molar-refractivity contribution in [3.63, 3.8) is 0 Å². The fourth-order valence-corrected chi connectivity index (χ4v) is 2.82. The van der Waals surface area contributed by atoms with Gasteiger partial charge in [0.2, 0.25) is 0 Å². The van der Waals surface area contributed by atoms with Crippen LogP contribution in [0.15, 0.2) is 22.9 Å². The summed E-state index contributed by atoms with van der Waals surface area (Å²) in [5.41, 5.74) is 8.39. The molecule has 0 amide bonds. The molecular formula is C13H13BrN6. The van der Waals surface area contributed by atoms with Crippen LogP contribution in [0.3, 0.4) is 0 Å². The van der Waals surface area contributed by atoms with Crippen molar-refractivity contribution in [3.8, 4) is 11.5 Å². The molecule has 1 fully saturated rings. The van der Waals surface area contributed by atoms with E-state index >= 15 is 0 Å². The normalized spacial score (nSPS) is 17.3. The third kappa shape index (κ3) is 1.77. The van der Waals surface area contributed by atoms with E-state index in [0.29, 0.717) is 5.65 Å². The number of rotatable bonds is 2. The standard InChI is InChI=1S/C13H13BrN6/c14-7-4-8-10(16-5-7)20-11(18-8)9-6-17-12(19-9)13(15)2-1-3-13/h4-6H,1-3,15H2,(H,17,19)(H,16,18,20). The summed E-state index contributed by atoms with van der Waals surface area (Å²) in [4.78, 5) is 19.6. The third-order valence-electron chi connectivity index (χ3n) is 3.85. The van der Waals surface area contributed by atoms with Crippen molar-refractivity contribution in [1.82, 2.24) is 24.9 Å². The van der Waals surface area contributed by atoms with E-state index in [9.17, 15) is 0 Å². The Morgan fingerprint density at radius 1 is 1.20 bits per heavy atom. The number of hydrogen-bond donors (Lipinski definition) is 3. The van der Waals surface area contributed by atoms with Crippen LogP contribution in [0.4, 0.5) is 0 Å². The number of halogens is 1. The van der Waals surface area contributed by atoms with Gasteiger partial charge in [-0.2, -0.15) is 0 Å². The van der Waals surface area contributed by atoms with Crippen LogP contribution in [0.1, 0.15) is 25.1 Å². The predicted molar refractivity (Wildman–Crippen MR) is 78.9 cm³/mol. The monoisotopic (exact) mass is 332 g/mol. The second-order valence-electron chi connectivity index (χ2n) is 5.27. The molecule has 3 aromatic rings. The molecule has 0 saturated heterocycles. The van der Waals surface area contributed by atoms with Gasteiger partial charge < -0.3 is 15.7 Å². The quantitative estimate of drug-likeness (QED) is 0.671. The van der Waals surface area contributed by atoms with Gasteiger partial charge in [0.15, 0.2) is 11.5 Å². The highest BCUT2D eigenvalue weighted by Gasteiger charge is 2.37. The van der Waals surface area contributed by atoms with Crippen molar-refractivity contribution in [2.45, 2.75) is 24.8 Å². The van der Waals surface area contributed by atoms with Gasteiger partial charge in [0.25, 0.3) is 0 Å². The zero-order valence-electron chi connectivity index (χ0n) is 10.7. The minimum atomic E-state index is -0.286. The van der Waals surface area contributed by atoms with Crippen LogP contribution in [0.5, 0.6) is 0 Å². The maximum atomic E-state index is 6.27. The molecular weight excluding hydrogens is 320 g/mol. The number of H-pyrrole nitrogens is 2. The van der Waals surface area contributed by atoms with E-state index < -0.39 is 0 Å². The summed E-state index contributed by atoms with van der Waals surface area (Å²) < 4.78 is 0.917. The average Bonchev–Trinajstić information content (AvgIpc) is 3.01. The molecule has 0 spiro atoms. The van der Waals surface area contributed by atoms with Gasteiger partial charge in [-0.3, -0.25) is 0 Å². The summed E-state index contributed by atoms with van der Waals surface area (Å²) in [5.74, 6) is 1.57. The topological polar surface area (TPSA) is 96.3 Å². The molecule has 4 N–H and O–H groups in total. The number of nitrogens with one attached hydrogen (secondary N) is 2. The van der Waals surface area contributed by atoms with Crippen LogP contribution in [-0.2, 0) is 5.54 Å². The molecule has 7 heteroatoms. The first-order valence-electron chi connectivity index (χ1n) is 6.50. The molecule has 3 heterocycles. The number of fused-ring (bicyclic) bond motifs is 1. The summed E-state index contributed by atoms with van der Waals surface area (Å²) in [6, 6.07) is 1.95. The average molecular weight is 333 g/mol. The van der Waals surface area contributed by atoms with E-state index in [-0.39, 0.29) is 5.54 Å². The Hall–Kier alpha value is -1.73. The highest BCUT2D eigenvalue weighted by molar-refractivity contribution is 9.10. The first kappa shape index (κ1) is 12.0. The van der Waals surface area contributed by atoms with Crippen LogP contribution in [0.25, 0.3) is 22.7 Å². The van der Waals surface area contributed by atoms with Crippen LogP contribution >= 0.6 is 15.9 Å². The molecule has 0 radical (unpaired) electrons. The third-order valence-corrected chi connectivity index (χ3v) is 4.29. The van der Waals surface area contributed by atoms with E-state index in [1.807, 2.05) is 6.07 Å². The highest BCUT2D eigenvalue weighted by Crippen LogP contribution is 2.37. The lowest BCUT2D eigenvalue weighted by atomic mass is 9.77. The highest BCUT2D eigenvalue weighted by atomic mass is 79.9. The summed E-state index contributed by atoms with van der Waals surface area (Å²) in [7, 11) is 0. The van der Waals surface area contributed by atoms with Gasteiger partial charge in [0.1, 0.15) is 11.5 Å². The molecule has 1 aliphatic carbocycles. The Morgan fingerprint density at radius 3 is 2.80 bits per heavy atom. The second-order valence-corrected chi connectivity index (χ2v) is 6.18. The molecule has 6 nitrogen and oxygen atoms in total. The lowest BCUT2D eigenvalue weighted by Crippen LogP contribution is -2.44. The number of hydrogen-bond acceptors (Lipinski definition) is 4. The Kier molecular flexibility index (Phi) is 2.49. The molecule has 0 atom stereocenters. The molecule has 1 saturated carbocycles. The van der Waals surface area contributed by atoms with Crippen molar-refractivity contribution in [3.05, 3.63) is 28.8 Å². The van der Waals surface area contributed by atoms with Crippen LogP contribution in [-0.4, -0.2) is 24.9 Å². The van der Waals surface area contributed by atoms with Crippen molar-refractivity contribution < 1.29 is 0 Å². The van der Waals surface area contributed by atoms with Gasteiger partial charge in [0, 0.05) is 10.7 Å². The number of pyridine rings is 1. The van der Waals surface area contributed by atoms with E-state index in [4.69, 9.17) is 5.73 Å². The Morgan fingerprint density at radius 2 is 2.05 bits per heavy atom. The minimum absolute atomic E-state index is 0.286. The fourth-order valence-electron chi connectivity index (χ4n) is 2.49. The van der Waals surface area contributed by atoms with E-state index in [2.05, 4.69) is 40.8 Å². The number of imidazole rings is 2. The summed E-state index contributed by atoms with van der Waals surface area (Å²) in [6.07, 6.45) is 6.63. The number of nitrogens with two attached hydrogens (primary N) is 1. The van der Waals surface area contributed by atoms with E-state index in [1.165, 1.54) is 0 Å².